The monoisotopic (exact) mass is 325 g/mol. The molecule has 3 rings (SSSR count). The molecule has 96 valence electrons. The van der Waals surface area contributed by atoms with Gasteiger partial charge in [-0.25, -0.2) is 0 Å². The van der Waals surface area contributed by atoms with Gasteiger partial charge in [0.2, 0.25) is 5.91 Å². The van der Waals surface area contributed by atoms with E-state index in [1.54, 1.807) is 11.8 Å². The minimum Gasteiger partial charge on any atom is -0.310 e. The smallest absolute Gasteiger partial charge is 0.237 e. The molecule has 4 heteroatoms. The molecule has 0 N–H and O–H groups in total. The Hall–Kier alpha value is -0.480. The number of hydrogen-bond donors (Lipinski definition) is 0. The van der Waals surface area contributed by atoms with Gasteiger partial charge in [0, 0.05) is 15.9 Å². The zero-order valence-electron chi connectivity index (χ0n) is 10.2. The second-order valence-corrected chi connectivity index (χ2v) is 6.99. The summed E-state index contributed by atoms with van der Waals surface area (Å²) >= 11 is 5.15. The Balaban J connectivity index is 1.86. The molecule has 2 aliphatic rings. The van der Waals surface area contributed by atoms with Crippen molar-refractivity contribution in [1.82, 2.24) is 0 Å². The topological polar surface area (TPSA) is 20.3 Å². The fourth-order valence-electron chi connectivity index (χ4n) is 2.83. The lowest BCUT2D eigenvalue weighted by Gasteiger charge is -2.31. The van der Waals surface area contributed by atoms with Gasteiger partial charge in [-0.2, -0.15) is 0 Å². The SMILES string of the molecule is O=C1CSc2cc(Br)ccc2N1CC1CCCC1. The molecule has 1 aliphatic heterocycles. The van der Waals surface area contributed by atoms with Crippen LogP contribution in [0.5, 0.6) is 0 Å². The van der Waals surface area contributed by atoms with Crippen LogP contribution >= 0.6 is 27.7 Å². The summed E-state index contributed by atoms with van der Waals surface area (Å²) in [6.07, 6.45) is 5.22. The lowest BCUT2D eigenvalue weighted by Crippen LogP contribution is -2.38. The van der Waals surface area contributed by atoms with Gasteiger partial charge in [-0.3, -0.25) is 4.79 Å². The Morgan fingerprint density at radius 1 is 1.33 bits per heavy atom. The van der Waals surface area contributed by atoms with Gasteiger partial charge in [-0.15, -0.1) is 11.8 Å². The van der Waals surface area contributed by atoms with Gasteiger partial charge >= 0.3 is 0 Å². The predicted octanol–water partition coefficient (Wildman–Crippen LogP) is 4.08. The van der Waals surface area contributed by atoms with Crippen molar-refractivity contribution in [3.8, 4) is 0 Å². The number of halogens is 1. The molecule has 1 aromatic carbocycles. The van der Waals surface area contributed by atoms with E-state index in [9.17, 15) is 4.79 Å². The Kier molecular flexibility index (Phi) is 3.66. The second-order valence-electron chi connectivity index (χ2n) is 5.06. The fraction of sp³-hybridized carbons (Fsp3) is 0.500. The van der Waals surface area contributed by atoms with Gasteiger partial charge in [0.15, 0.2) is 0 Å². The van der Waals surface area contributed by atoms with Crippen molar-refractivity contribution in [1.29, 1.82) is 0 Å². The van der Waals surface area contributed by atoms with Crippen molar-refractivity contribution in [3.63, 3.8) is 0 Å². The summed E-state index contributed by atoms with van der Waals surface area (Å²) in [4.78, 5) is 15.4. The van der Waals surface area contributed by atoms with Gasteiger partial charge in [-0.1, -0.05) is 28.8 Å². The van der Waals surface area contributed by atoms with Crippen LogP contribution in [0.15, 0.2) is 27.6 Å². The average Bonchev–Trinajstić information content (AvgIpc) is 2.86. The van der Waals surface area contributed by atoms with E-state index >= 15 is 0 Å². The molecule has 0 atom stereocenters. The molecule has 1 aromatic rings. The molecule has 1 heterocycles. The number of hydrogen-bond acceptors (Lipinski definition) is 2. The van der Waals surface area contributed by atoms with Gasteiger partial charge in [0.05, 0.1) is 11.4 Å². The molecule has 1 amide bonds. The van der Waals surface area contributed by atoms with Crippen molar-refractivity contribution < 1.29 is 4.79 Å². The maximum absolute atomic E-state index is 12.1. The molecule has 2 nitrogen and oxygen atoms in total. The summed E-state index contributed by atoms with van der Waals surface area (Å²) < 4.78 is 1.09. The molecule has 0 bridgehead atoms. The first-order chi connectivity index (χ1) is 8.74. The standard InChI is InChI=1S/C14H16BrNOS/c15-11-5-6-12-13(7-11)18-9-14(17)16(12)8-10-3-1-2-4-10/h5-7,10H,1-4,8-9H2. The highest BCUT2D eigenvalue weighted by molar-refractivity contribution is 9.10. The van der Waals surface area contributed by atoms with Crippen molar-refractivity contribution >= 4 is 39.3 Å². The van der Waals surface area contributed by atoms with Gasteiger partial charge in [0.1, 0.15) is 0 Å². The number of benzene rings is 1. The van der Waals surface area contributed by atoms with Crippen molar-refractivity contribution in [2.24, 2.45) is 5.92 Å². The quantitative estimate of drug-likeness (QED) is 0.816. The molecular weight excluding hydrogens is 310 g/mol. The highest BCUT2D eigenvalue weighted by Gasteiger charge is 2.28. The average molecular weight is 326 g/mol. The van der Waals surface area contributed by atoms with E-state index < -0.39 is 0 Å². The molecule has 0 spiro atoms. The van der Waals surface area contributed by atoms with Crippen LogP contribution in [0.4, 0.5) is 5.69 Å². The maximum atomic E-state index is 12.1. The van der Waals surface area contributed by atoms with Crippen LogP contribution in [0.3, 0.4) is 0 Å². The van der Waals surface area contributed by atoms with Crippen LogP contribution in [0.25, 0.3) is 0 Å². The second kappa shape index (κ2) is 5.25. The number of fused-ring (bicyclic) bond motifs is 1. The molecule has 0 unspecified atom stereocenters. The third-order valence-corrected chi connectivity index (χ3v) is 5.30. The summed E-state index contributed by atoms with van der Waals surface area (Å²) in [6, 6.07) is 6.21. The van der Waals surface area contributed by atoms with Crippen molar-refractivity contribution in [2.75, 3.05) is 17.2 Å². The van der Waals surface area contributed by atoms with E-state index in [0.29, 0.717) is 11.7 Å². The minimum absolute atomic E-state index is 0.265. The molecule has 1 saturated carbocycles. The normalized spacial score (nSPS) is 20.3. The van der Waals surface area contributed by atoms with Crippen LogP contribution in [0.2, 0.25) is 0 Å². The Bertz CT molecular complexity index is 471. The van der Waals surface area contributed by atoms with E-state index in [2.05, 4.69) is 28.1 Å². The summed E-state index contributed by atoms with van der Waals surface area (Å²) in [5.41, 5.74) is 1.10. The third-order valence-electron chi connectivity index (χ3n) is 3.78. The van der Waals surface area contributed by atoms with E-state index in [4.69, 9.17) is 0 Å². The fourth-order valence-corrected chi connectivity index (χ4v) is 4.31. The summed E-state index contributed by atoms with van der Waals surface area (Å²) in [5.74, 6) is 1.55. The first-order valence-corrected chi connectivity index (χ1v) is 8.24. The van der Waals surface area contributed by atoms with Gasteiger partial charge in [0.25, 0.3) is 0 Å². The van der Waals surface area contributed by atoms with Crippen LogP contribution in [-0.4, -0.2) is 18.2 Å². The zero-order valence-corrected chi connectivity index (χ0v) is 12.6. The number of carbonyl (C=O) groups excluding carboxylic acids is 1. The number of rotatable bonds is 2. The molecule has 0 saturated heterocycles. The highest BCUT2D eigenvalue weighted by atomic mass is 79.9. The molecule has 1 fully saturated rings. The maximum Gasteiger partial charge on any atom is 0.237 e. The first-order valence-electron chi connectivity index (χ1n) is 6.47. The van der Waals surface area contributed by atoms with Crippen LogP contribution in [-0.2, 0) is 4.79 Å². The first kappa shape index (κ1) is 12.5. The Morgan fingerprint density at radius 2 is 2.11 bits per heavy atom. The van der Waals surface area contributed by atoms with Gasteiger partial charge in [-0.05, 0) is 37.0 Å². The largest absolute Gasteiger partial charge is 0.310 e. The minimum atomic E-state index is 0.265. The van der Waals surface area contributed by atoms with E-state index in [1.807, 2.05) is 11.0 Å². The molecule has 1 aliphatic carbocycles. The number of amides is 1. The lowest BCUT2D eigenvalue weighted by molar-refractivity contribution is -0.116. The van der Waals surface area contributed by atoms with Crippen LogP contribution in [0, 0.1) is 5.92 Å². The Labute approximate surface area is 120 Å². The van der Waals surface area contributed by atoms with Crippen molar-refractivity contribution in [3.05, 3.63) is 22.7 Å². The van der Waals surface area contributed by atoms with E-state index in [-0.39, 0.29) is 5.91 Å². The lowest BCUT2D eigenvalue weighted by atomic mass is 10.1. The molecule has 0 radical (unpaired) electrons. The molecular formula is C14H16BrNOS. The summed E-state index contributed by atoms with van der Waals surface area (Å²) in [5, 5.41) is 0. The van der Waals surface area contributed by atoms with Gasteiger partial charge < -0.3 is 4.90 Å². The van der Waals surface area contributed by atoms with Crippen LogP contribution in [0.1, 0.15) is 25.7 Å². The summed E-state index contributed by atoms with van der Waals surface area (Å²) in [6.45, 7) is 0.911. The van der Waals surface area contributed by atoms with E-state index in [1.165, 1.54) is 30.6 Å². The highest BCUT2D eigenvalue weighted by Crippen LogP contribution is 2.38. The van der Waals surface area contributed by atoms with Crippen molar-refractivity contribution in [2.45, 2.75) is 30.6 Å². The number of carbonyl (C=O) groups is 1. The molecule has 0 aromatic heterocycles. The Morgan fingerprint density at radius 3 is 2.89 bits per heavy atom. The number of thioether (sulfide) groups is 1. The zero-order chi connectivity index (χ0) is 12.5. The third kappa shape index (κ3) is 2.45. The summed E-state index contributed by atoms with van der Waals surface area (Å²) in [7, 11) is 0. The predicted molar refractivity (Wildman–Crippen MR) is 79.2 cm³/mol. The van der Waals surface area contributed by atoms with Crippen LogP contribution < -0.4 is 4.90 Å². The molecule has 18 heavy (non-hydrogen) atoms. The number of nitrogens with zero attached hydrogens (tertiary/aromatic N) is 1. The number of anilines is 1. The van der Waals surface area contributed by atoms with E-state index in [0.717, 1.165) is 16.7 Å².